The fourth-order valence-corrected chi connectivity index (χ4v) is 3.30. The molecule has 1 aromatic carbocycles. The van der Waals surface area contributed by atoms with Gasteiger partial charge in [-0.25, -0.2) is 4.37 Å². The lowest BCUT2D eigenvalue weighted by Gasteiger charge is -2.19. The van der Waals surface area contributed by atoms with E-state index < -0.39 is 11.5 Å². The number of phenolic OH excluding ortho intramolecular Hbond substituents is 1. The van der Waals surface area contributed by atoms with Crippen LogP contribution in [-0.2, 0) is 0 Å². The molecule has 0 fully saturated rings. The number of nitrogen functional groups attached to an aromatic ring is 1. The van der Waals surface area contributed by atoms with Crippen LogP contribution in [0.4, 0.5) is 5.82 Å². The Balaban J connectivity index is 2.48. The van der Waals surface area contributed by atoms with Crippen LogP contribution in [-0.4, -0.2) is 20.0 Å². The lowest BCUT2D eigenvalue weighted by molar-refractivity contribution is 0.100. The van der Waals surface area contributed by atoms with Gasteiger partial charge in [0, 0.05) is 22.7 Å². The summed E-state index contributed by atoms with van der Waals surface area (Å²) in [5.74, 6) is -0.789. The minimum absolute atomic E-state index is 0.0233. The first-order valence-electron chi connectivity index (χ1n) is 7.37. The number of benzene rings is 1. The summed E-state index contributed by atoms with van der Waals surface area (Å²) in [4.78, 5) is 24.9. The zero-order valence-corrected chi connectivity index (χ0v) is 14.4. The van der Waals surface area contributed by atoms with E-state index >= 15 is 0 Å². The normalized spacial score (nSPS) is 10.8. The second-order valence-electron chi connectivity index (χ2n) is 5.65. The topological polar surface area (TPSA) is 124 Å². The summed E-state index contributed by atoms with van der Waals surface area (Å²) < 4.78 is 5.21. The Morgan fingerprint density at radius 1 is 1.32 bits per heavy atom. The Kier molecular flexibility index (Phi) is 4.05. The van der Waals surface area contributed by atoms with E-state index in [0.29, 0.717) is 16.8 Å². The fourth-order valence-electron chi connectivity index (χ4n) is 2.76. The molecule has 1 amide bonds. The summed E-state index contributed by atoms with van der Waals surface area (Å²) in [7, 11) is 0. The average Bonchev–Trinajstić information content (AvgIpc) is 3.08. The smallest absolute Gasteiger partial charge is 0.264 e. The summed E-state index contributed by atoms with van der Waals surface area (Å²) in [6, 6.07) is 4.59. The van der Waals surface area contributed by atoms with Crippen molar-refractivity contribution in [2.75, 3.05) is 5.73 Å². The van der Waals surface area contributed by atoms with Crippen LogP contribution >= 0.6 is 11.5 Å². The van der Waals surface area contributed by atoms with E-state index in [4.69, 9.17) is 11.5 Å². The third kappa shape index (κ3) is 2.66. The fraction of sp³-hybridized carbons (Fsp3) is 0.118. The van der Waals surface area contributed by atoms with Gasteiger partial charge in [-0.1, -0.05) is 6.07 Å². The van der Waals surface area contributed by atoms with E-state index in [2.05, 4.69) is 4.37 Å². The van der Waals surface area contributed by atoms with Crippen molar-refractivity contribution in [2.24, 2.45) is 5.73 Å². The van der Waals surface area contributed by atoms with Crippen LogP contribution in [0.15, 0.2) is 34.6 Å². The maximum atomic E-state index is 13.1. The van der Waals surface area contributed by atoms with Crippen LogP contribution < -0.4 is 17.0 Å². The van der Waals surface area contributed by atoms with E-state index in [-0.39, 0.29) is 22.7 Å². The molecule has 3 aromatic rings. The molecule has 25 heavy (non-hydrogen) atoms. The molecule has 0 aliphatic rings. The highest BCUT2D eigenvalue weighted by molar-refractivity contribution is 7.03. The molecule has 2 heterocycles. The molecule has 5 N–H and O–H groups in total. The Labute approximate surface area is 147 Å². The SMILES string of the molecule is Cc1ccc(O)c(C)c1-n1c(N)c(C(N)=O)cc(-c2cnsc2)c1=O. The minimum Gasteiger partial charge on any atom is -0.508 e. The molecule has 0 atom stereocenters. The Hall–Kier alpha value is -3.13. The molecule has 0 spiro atoms. The molecule has 7 nitrogen and oxygen atoms in total. The predicted octanol–water partition coefficient (Wildman–Crippen LogP) is 1.96. The molecular weight excluding hydrogens is 340 g/mol. The van der Waals surface area contributed by atoms with Crippen molar-refractivity contribution < 1.29 is 9.90 Å². The van der Waals surface area contributed by atoms with Crippen LogP contribution in [0.3, 0.4) is 0 Å². The third-order valence-electron chi connectivity index (χ3n) is 4.08. The van der Waals surface area contributed by atoms with Crippen LogP contribution in [0.2, 0.25) is 0 Å². The molecule has 0 bridgehead atoms. The summed E-state index contributed by atoms with van der Waals surface area (Å²) >= 11 is 1.19. The number of anilines is 1. The van der Waals surface area contributed by atoms with Gasteiger partial charge < -0.3 is 16.6 Å². The number of carbonyl (C=O) groups excluding carboxylic acids is 1. The highest BCUT2D eigenvalue weighted by Gasteiger charge is 2.21. The Morgan fingerprint density at radius 3 is 2.64 bits per heavy atom. The van der Waals surface area contributed by atoms with Crippen molar-refractivity contribution in [1.29, 1.82) is 0 Å². The van der Waals surface area contributed by atoms with E-state index in [1.165, 1.54) is 34.4 Å². The molecule has 0 aliphatic heterocycles. The Bertz CT molecular complexity index is 1040. The van der Waals surface area contributed by atoms with Gasteiger partial charge in [0.25, 0.3) is 11.5 Å². The molecule has 0 aliphatic carbocycles. The molecule has 0 saturated heterocycles. The molecule has 2 aromatic heterocycles. The first-order valence-corrected chi connectivity index (χ1v) is 8.21. The van der Waals surface area contributed by atoms with Crippen molar-refractivity contribution >= 4 is 23.3 Å². The number of rotatable bonds is 3. The quantitative estimate of drug-likeness (QED) is 0.662. The zero-order chi connectivity index (χ0) is 18.3. The molecule has 0 unspecified atom stereocenters. The summed E-state index contributed by atoms with van der Waals surface area (Å²) in [5.41, 5.74) is 13.6. The first-order chi connectivity index (χ1) is 11.8. The third-order valence-corrected chi connectivity index (χ3v) is 4.66. The van der Waals surface area contributed by atoms with Crippen molar-refractivity contribution in [3.8, 4) is 22.6 Å². The second-order valence-corrected chi connectivity index (χ2v) is 6.31. The first kappa shape index (κ1) is 16.7. The van der Waals surface area contributed by atoms with E-state index in [1.807, 2.05) is 0 Å². The lowest BCUT2D eigenvalue weighted by atomic mass is 10.0. The number of aromatic nitrogens is 2. The summed E-state index contributed by atoms with van der Waals surface area (Å²) in [6.45, 7) is 3.46. The van der Waals surface area contributed by atoms with Gasteiger partial charge in [-0.2, -0.15) is 0 Å². The highest BCUT2D eigenvalue weighted by Crippen LogP contribution is 2.30. The van der Waals surface area contributed by atoms with Crippen LogP contribution in [0.1, 0.15) is 21.5 Å². The number of phenols is 1. The second kappa shape index (κ2) is 6.06. The maximum absolute atomic E-state index is 13.1. The monoisotopic (exact) mass is 356 g/mol. The van der Waals surface area contributed by atoms with Crippen LogP contribution in [0.25, 0.3) is 16.8 Å². The van der Waals surface area contributed by atoms with Gasteiger partial charge in [-0.15, -0.1) is 0 Å². The van der Waals surface area contributed by atoms with Crippen molar-refractivity contribution in [1.82, 2.24) is 8.94 Å². The average molecular weight is 356 g/mol. The van der Waals surface area contributed by atoms with Gasteiger partial charge in [0.1, 0.15) is 11.6 Å². The number of hydrogen-bond donors (Lipinski definition) is 3. The predicted molar refractivity (Wildman–Crippen MR) is 97.2 cm³/mol. The number of nitrogens with zero attached hydrogens (tertiary/aromatic N) is 2. The number of amides is 1. The number of nitrogens with two attached hydrogens (primary N) is 2. The summed E-state index contributed by atoms with van der Waals surface area (Å²) in [6.07, 6.45) is 1.54. The number of aryl methyl sites for hydroxylation is 1. The zero-order valence-electron chi connectivity index (χ0n) is 13.6. The molecule has 0 radical (unpaired) electrons. The Morgan fingerprint density at radius 2 is 2.04 bits per heavy atom. The highest BCUT2D eigenvalue weighted by atomic mass is 32.1. The number of hydrogen-bond acceptors (Lipinski definition) is 6. The molecular formula is C17H16N4O3S. The van der Waals surface area contributed by atoms with Gasteiger partial charge in [-0.05, 0) is 43.1 Å². The molecule has 8 heteroatoms. The minimum atomic E-state index is -0.744. The number of carbonyl (C=O) groups is 1. The number of primary amides is 1. The van der Waals surface area contributed by atoms with Crippen molar-refractivity contribution in [3.63, 3.8) is 0 Å². The van der Waals surface area contributed by atoms with E-state index in [1.54, 1.807) is 25.3 Å². The van der Waals surface area contributed by atoms with Gasteiger partial charge in [0.15, 0.2) is 0 Å². The standard InChI is InChI=1S/C17H16N4O3S/c1-8-3-4-13(22)9(2)14(8)21-15(18)12(16(19)23)5-11(17(21)24)10-6-20-25-7-10/h3-7,22H,18H2,1-2H3,(H2,19,23). The maximum Gasteiger partial charge on any atom is 0.264 e. The van der Waals surface area contributed by atoms with Crippen molar-refractivity contribution in [2.45, 2.75) is 13.8 Å². The van der Waals surface area contributed by atoms with Gasteiger partial charge in [0.05, 0.1) is 16.8 Å². The van der Waals surface area contributed by atoms with E-state index in [9.17, 15) is 14.7 Å². The van der Waals surface area contributed by atoms with Gasteiger partial charge >= 0.3 is 0 Å². The number of aromatic hydroxyl groups is 1. The number of pyridine rings is 1. The van der Waals surface area contributed by atoms with Gasteiger partial charge in [-0.3, -0.25) is 14.2 Å². The lowest BCUT2D eigenvalue weighted by Crippen LogP contribution is -2.28. The molecule has 0 saturated carbocycles. The molecule has 128 valence electrons. The van der Waals surface area contributed by atoms with Crippen LogP contribution in [0.5, 0.6) is 5.75 Å². The van der Waals surface area contributed by atoms with Gasteiger partial charge in [0.2, 0.25) is 0 Å². The van der Waals surface area contributed by atoms with Crippen LogP contribution in [0, 0.1) is 13.8 Å². The van der Waals surface area contributed by atoms with Crippen molar-refractivity contribution in [3.05, 3.63) is 56.8 Å². The summed E-state index contributed by atoms with van der Waals surface area (Å²) in [5, 5.41) is 11.7. The largest absolute Gasteiger partial charge is 0.508 e. The van der Waals surface area contributed by atoms with E-state index in [0.717, 1.165) is 5.56 Å². The molecule has 3 rings (SSSR count).